The highest BCUT2D eigenvalue weighted by atomic mass is 16.6. The van der Waals surface area contributed by atoms with Crippen LogP contribution >= 0.6 is 0 Å². The lowest BCUT2D eigenvalue weighted by Crippen LogP contribution is -2.59. The highest BCUT2D eigenvalue weighted by Crippen LogP contribution is 2.23. The van der Waals surface area contributed by atoms with E-state index in [1.54, 1.807) is 39.1 Å². The number of hydrogen-bond acceptors (Lipinski definition) is 11. The van der Waals surface area contributed by atoms with E-state index in [1.165, 1.54) is 24.3 Å². The topological polar surface area (TPSA) is 192 Å². The minimum absolute atomic E-state index is 0.0660. The van der Waals surface area contributed by atoms with Crippen molar-refractivity contribution in [2.45, 2.75) is 64.4 Å². The van der Waals surface area contributed by atoms with Gasteiger partial charge in [-0.15, -0.1) is 0 Å². The number of hydrazine groups is 1. The number of amides is 3. The Kier molecular flexibility index (Phi) is 14.1. The average Bonchev–Trinajstić information content (AvgIpc) is 3.53. The maximum absolute atomic E-state index is 13.8. The van der Waals surface area contributed by atoms with Gasteiger partial charge in [0.1, 0.15) is 17.9 Å². The van der Waals surface area contributed by atoms with Gasteiger partial charge in [-0.3, -0.25) is 15.2 Å². The molecule has 6 N–H and O–H groups in total. The number of methoxy groups -OCH3 is 1. The summed E-state index contributed by atoms with van der Waals surface area (Å²) in [6, 6.07) is 17.7. The summed E-state index contributed by atoms with van der Waals surface area (Å²) in [5.41, 5.74) is 5.38. The summed E-state index contributed by atoms with van der Waals surface area (Å²) < 4.78 is 15.9. The summed E-state index contributed by atoms with van der Waals surface area (Å²) in [7, 11) is 1.21. The number of rotatable bonds is 15. The van der Waals surface area contributed by atoms with Crippen LogP contribution in [0.15, 0.2) is 72.9 Å². The Balaban J connectivity index is 1.58. The van der Waals surface area contributed by atoms with Gasteiger partial charge in [0.25, 0.3) is 5.91 Å². The van der Waals surface area contributed by atoms with E-state index in [4.69, 9.17) is 14.2 Å². The van der Waals surface area contributed by atoms with Crippen molar-refractivity contribution in [3.63, 3.8) is 0 Å². The highest BCUT2D eigenvalue weighted by molar-refractivity contribution is 5.86. The Morgan fingerprint density at radius 3 is 2.31 bits per heavy atom. The zero-order valence-corrected chi connectivity index (χ0v) is 29.5. The number of phenolic OH excluding ortho intramolecular Hbond substituents is 1. The Labute approximate surface area is 298 Å². The molecule has 3 amide bonds. The molecule has 3 aromatic rings. The highest BCUT2D eigenvalue weighted by Gasteiger charge is 2.36. The summed E-state index contributed by atoms with van der Waals surface area (Å²) >= 11 is 0. The molecule has 0 spiro atoms. The maximum atomic E-state index is 13.8. The van der Waals surface area contributed by atoms with Gasteiger partial charge in [0.05, 0.1) is 38.2 Å². The summed E-state index contributed by atoms with van der Waals surface area (Å²) in [5.74, 6) is -0.634. The molecule has 1 aromatic heterocycles. The maximum Gasteiger partial charge on any atom is 0.407 e. The van der Waals surface area contributed by atoms with Gasteiger partial charge in [0.15, 0.2) is 0 Å². The van der Waals surface area contributed by atoms with Crippen LogP contribution in [0.2, 0.25) is 0 Å². The molecule has 4 rings (SSSR count). The van der Waals surface area contributed by atoms with Gasteiger partial charge in [-0.05, 0) is 53.6 Å². The Morgan fingerprint density at radius 2 is 1.69 bits per heavy atom. The zero-order valence-electron chi connectivity index (χ0n) is 29.5. The average molecular weight is 708 g/mol. The molecule has 1 fully saturated rings. The second-order valence-corrected chi connectivity index (χ2v) is 13.6. The minimum Gasteiger partial charge on any atom is -0.508 e. The zero-order chi connectivity index (χ0) is 37.0. The van der Waals surface area contributed by atoms with E-state index in [-0.39, 0.29) is 44.4 Å². The molecular formula is C37H49N5O9. The van der Waals surface area contributed by atoms with E-state index in [2.05, 4.69) is 21.0 Å². The third kappa shape index (κ3) is 11.9. The predicted molar refractivity (Wildman–Crippen MR) is 188 cm³/mol. The number of phenols is 1. The van der Waals surface area contributed by atoms with Crippen molar-refractivity contribution in [1.82, 2.24) is 26.1 Å². The van der Waals surface area contributed by atoms with E-state index < -0.39 is 47.8 Å². The van der Waals surface area contributed by atoms with E-state index in [0.717, 1.165) is 22.4 Å². The largest absolute Gasteiger partial charge is 0.508 e. The molecule has 0 saturated carbocycles. The second kappa shape index (κ2) is 18.5. The number of alkyl carbamates (subject to hydrolysis) is 2. The Hall–Kier alpha value is -4.76. The molecule has 0 unspecified atom stereocenters. The van der Waals surface area contributed by atoms with Crippen LogP contribution < -0.4 is 16.1 Å². The summed E-state index contributed by atoms with van der Waals surface area (Å²) in [6.07, 6.45) is -1.08. The fourth-order valence-corrected chi connectivity index (χ4v) is 5.75. The van der Waals surface area contributed by atoms with Crippen LogP contribution in [0.5, 0.6) is 5.75 Å². The van der Waals surface area contributed by atoms with Crippen molar-refractivity contribution >= 4 is 18.1 Å². The van der Waals surface area contributed by atoms with E-state index in [9.17, 15) is 29.7 Å². The number of aromatic nitrogens is 1. The SMILES string of the molecule is COC(=O)N[C@H](C(=O)NN(Cc1ccc(-c2ccccn2)cc1)C[C@H](O)[C@H](Cc1ccc(O)cc1)NC(=O)O[C@H]1COC[C@H]1CCO)C(C)(C)C. The second-order valence-electron chi connectivity index (χ2n) is 13.6. The number of carbonyl (C=O) groups excluding carboxylic acids is 3. The Morgan fingerprint density at radius 1 is 0.980 bits per heavy atom. The van der Waals surface area contributed by atoms with Crippen molar-refractivity contribution in [2.75, 3.05) is 33.5 Å². The van der Waals surface area contributed by atoms with Gasteiger partial charge in [0, 0.05) is 37.4 Å². The van der Waals surface area contributed by atoms with Crippen molar-refractivity contribution < 1.29 is 43.9 Å². The molecule has 2 aromatic carbocycles. The summed E-state index contributed by atoms with van der Waals surface area (Å²) in [6.45, 7) is 5.87. The van der Waals surface area contributed by atoms with Gasteiger partial charge in [-0.2, -0.15) is 0 Å². The number of aliphatic hydroxyl groups is 2. The molecule has 1 saturated heterocycles. The van der Waals surface area contributed by atoms with Crippen LogP contribution in [0.1, 0.15) is 38.3 Å². The fourth-order valence-electron chi connectivity index (χ4n) is 5.75. The van der Waals surface area contributed by atoms with Crippen molar-refractivity contribution in [2.24, 2.45) is 11.3 Å². The Bertz CT molecular complexity index is 1550. The molecule has 0 bridgehead atoms. The first-order valence-corrected chi connectivity index (χ1v) is 16.9. The fraction of sp³-hybridized carbons (Fsp3) is 0.459. The first-order chi connectivity index (χ1) is 24.4. The first kappa shape index (κ1) is 39.0. The summed E-state index contributed by atoms with van der Waals surface area (Å²) in [5, 5.41) is 37.9. The first-order valence-electron chi connectivity index (χ1n) is 16.9. The quantitative estimate of drug-likeness (QED) is 0.127. The van der Waals surface area contributed by atoms with Crippen molar-refractivity contribution in [3.8, 4) is 17.0 Å². The van der Waals surface area contributed by atoms with Crippen LogP contribution in [0.3, 0.4) is 0 Å². The number of nitrogens with zero attached hydrogens (tertiary/aromatic N) is 2. The lowest BCUT2D eigenvalue weighted by atomic mass is 9.86. The molecule has 1 aliphatic heterocycles. The molecule has 0 aliphatic carbocycles. The van der Waals surface area contributed by atoms with Crippen LogP contribution in [0.4, 0.5) is 9.59 Å². The molecule has 14 nitrogen and oxygen atoms in total. The number of pyridine rings is 1. The van der Waals surface area contributed by atoms with E-state index >= 15 is 0 Å². The van der Waals surface area contributed by atoms with Crippen LogP contribution in [-0.2, 0) is 32.0 Å². The molecule has 2 heterocycles. The number of aliphatic hydroxyl groups excluding tert-OH is 2. The third-order valence-electron chi connectivity index (χ3n) is 8.60. The van der Waals surface area contributed by atoms with Gasteiger partial charge >= 0.3 is 12.2 Å². The van der Waals surface area contributed by atoms with Crippen LogP contribution in [0, 0.1) is 11.3 Å². The van der Waals surface area contributed by atoms with Crippen LogP contribution in [-0.4, -0.2) is 101 Å². The van der Waals surface area contributed by atoms with Crippen molar-refractivity contribution in [3.05, 3.63) is 84.1 Å². The minimum atomic E-state index is -1.26. The smallest absolute Gasteiger partial charge is 0.407 e. The predicted octanol–water partition coefficient (Wildman–Crippen LogP) is 3.15. The van der Waals surface area contributed by atoms with E-state index in [1.807, 2.05) is 42.5 Å². The molecule has 1 aliphatic rings. The summed E-state index contributed by atoms with van der Waals surface area (Å²) in [4.78, 5) is 43.5. The normalized spacial score (nSPS) is 17.6. The van der Waals surface area contributed by atoms with Gasteiger partial charge in [0.2, 0.25) is 0 Å². The standard InChI is InChI=1S/C37H49N5O9/c1-37(2,3)33(40-35(47)49-4)34(46)41-42(20-25-8-12-26(13-9-25)29-7-5-6-17-38-29)21-31(45)30(19-24-10-14-28(44)15-11-24)39-36(48)51-32-23-50-22-27(32)16-18-43/h5-15,17,27,30-33,43-45H,16,18-23H2,1-4H3,(H,39,48)(H,40,47)(H,41,46)/t27-,30+,31+,32+,33-/m1/s1. The van der Waals surface area contributed by atoms with Gasteiger partial charge in [-0.25, -0.2) is 14.6 Å². The number of carbonyl (C=O) groups is 3. The molecule has 0 radical (unpaired) electrons. The molecule has 5 atom stereocenters. The number of aromatic hydroxyl groups is 1. The number of hydrogen-bond donors (Lipinski definition) is 6. The number of benzene rings is 2. The third-order valence-corrected chi connectivity index (χ3v) is 8.60. The van der Waals surface area contributed by atoms with E-state index in [0.29, 0.717) is 13.0 Å². The number of ether oxygens (including phenoxy) is 3. The molecular weight excluding hydrogens is 658 g/mol. The monoisotopic (exact) mass is 707 g/mol. The molecule has 14 heteroatoms. The van der Waals surface area contributed by atoms with Crippen LogP contribution in [0.25, 0.3) is 11.3 Å². The lowest BCUT2D eigenvalue weighted by Gasteiger charge is -2.34. The van der Waals surface area contributed by atoms with Gasteiger partial charge in [-0.1, -0.05) is 63.2 Å². The molecule has 51 heavy (non-hydrogen) atoms. The lowest BCUT2D eigenvalue weighted by molar-refractivity contribution is -0.131. The van der Waals surface area contributed by atoms with Crippen molar-refractivity contribution in [1.29, 1.82) is 0 Å². The van der Waals surface area contributed by atoms with Gasteiger partial charge < -0.3 is 40.2 Å². The molecule has 276 valence electrons. The number of nitrogens with one attached hydrogen (secondary N) is 3.